The van der Waals surface area contributed by atoms with Gasteiger partial charge in [0.15, 0.2) is 0 Å². The molecule has 1 amide bonds. The number of hydrogen-bond donors (Lipinski definition) is 0. The standard InChI is InChI=1S/C17H15N3O2/c1-20(2)17(21)12-6-5-7-13(10-12)22-16-11-18-14-8-3-4-9-15(14)19-16/h3-11H,1-2H3. The number of aromatic nitrogens is 2. The first-order valence-electron chi connectivity index (χ1n) is 6.85. The molecule has 0 saturated heterocycles. The first-order valence-corrected chi connectivity index (χ1v) is 6.85. The Labute approximate surface area is 128 Å². The van der Waals surface area contributed by atoms with Crippen molar-refractivity contribution < 1.29 is 9.53 Å². The van der Waals surface area contributed by atoms with Gasteiger partial charge in [-0.3, -0.25) is 4.79 Å². The Bertz CT molecular complexity index is 831. The van der Waals surface area contributed by atoms with Gasteiger partial charge in [-0.05, 0) is 30.3 Å². The van der Waals surface area contributed by atoms with Crippen LogP contribution in [0.3, 0.4) is 0 Å². The van der Waals surface area contributed by atoms with Gasteiger partial charge in [-0.2, -0.15) is 0 Å². The number of carbonyl (C=O) groups excluding carboxylic acids is 1. The van der Waals surface area contributed by atoms with E-state index >= 15 is 0 Å². The normalized spacial score (nSPS) is 10.5. The number of nitrogens with zero attached hydrogens (tertiary/aromatic N) is 3. The van der Waals surface area contributed by atoms with E-state index in [1.165, 1.54) is 4.90 Å². The lowest BCUT2D eigenvalue weighted by atomic mass is 10.2. The van der Waals surface area contributed by atoms with Crippen LogP contribution < -0.4 is 4.74 Å². The smallest absolute Gasteiger partial charge is 0.253 e. The van der Waals surface area contributed by atoms with Crippen molar-refractivity contribution >= 4 is 16.9 Å². The van der Waals surface area contributed by atoms with E-state index in [1.54, 1.807) is 44.6 Å². The number of amides is 1. The number of rotatable bonds is 3. The number of ether oxygens (including phenoxy) is 1. The van der Waals surface area contributed by atoms with E-state index < -0.39 is 0 Å². The van der Waals surface area contributed by atoms with E-state index in [-0.39, 0.29) is 5.91 Å². The van der Waals surface area contributed by atoms with Crippen LogP contribution in [0.15, 0.2) is 54.7 Å². The third kappa shape index (κ3) is 2.88. The molecule has 0 aliphatic rings. The number of fused-ring (bicyclic) bond motifs is 1. The van der Waals surface area contributed by atoms with E-state index in [0.717, 1.165) is 11.0 Å². The molecule has 0 aliphatic carbocycles. The van der Waals surface area contributed by atoms with Crippen LogP contribution in [0.25, 0.3) is 11.0 Å². The summed E-state index contributed by atoms with van der Waals surface area (Å²) < 4.78 is 5.71. The van der Waals surface area contributed by atoms with Gasteiger partial charge >= 0.3 is 0 Å². The van der Waals surface area contributed by atoms with Crippen LogP contribution in [0.4, 0.5) is 0 Å². The average Bonchev–Trinajstić information content (AvgIpc) is 2.54. The predicted octanol–water partition coefficient (Wildman–Crippen LogP) is 3.12. The molecular weight excluding hydrogens is 278 g/mol. The predicted molar refractivity (Wildman–Crippen MR) is 84.1 cm³/mol. The Kier molecular flexibility index (Phi) is 3.70. The third-order valence-corrected chi connectivity index (χ3v) is 3.14. The number of para-hydroxylation sites is 2. The van der Waals surface area contributed by atoms with Crippen LogP contribution in [0, 0.1) is 0 Å². The first-order chi connectivity index (χ1) is 10.6. The summed E-state index contributed by atoms with van der Waals surface area (Å²) >= 11 is 0. The molecule has 2 aromatic carbocycles. The molecule has 3 rings (SSSR count). The van der Waals surface area contributed by atoms with E-state index in [4.69, 9.17) is 4.74 Å². The maximum atomic E-state index is 12.0. The van der Waals surface area contributed by atoms with Crippen molar-refractivity contribution in [2.75, 3.05) is 14.1 Å². The summed E-state index contributed by atoms with van der Waals surface area (Å²) in [5, 5.41) is 0. The maximum Gasteiger partial charge on any atom is 0.253 e. The van der Waals surface area contributed by atoms with E-state index in [2.05, 4.69) is 9.97 Å². The maximum absolute atomic E-state index is 12.0. The number of hydrogen-bond acceptors (Lipinski definition) is 4. The quantitative estimate of drug-likeness (QED) is 0.744. The van der Waals surface area contributed by atoms with Crippen LogP contribution in [0.5, 0.6) is 11.6 Å². The SMILES string of the molecule is CN(C)C(=O)c1cccc(Oc2cnc3ccccc3n2)c1. The summed E-state index contributed by atoms with van der Waals surface area (Å²) in [6.45, 7) is 0. The summed E-state index contributed by atoms with van der Waals surface area (Å²) in [5.74, 6) is 0.875. The lowest BCUT2D eigenvalue weighted by Gasteiger charge is -2.11. The van der Waals surface area contributed by atoms with Crippen LogP contribution in [-0.4, -0.2) is 34.9 Å². The lowest BCUT2D eigenvalue weighted by Crippen LogP contribution is -2.21. The highest BCUT2D eigenvalue weighted by Gasteiger charge is 2.09. The summed E-state index contributed by atoms with van der Waals surface area (Å²) in [6.07, 6.45) is 1.57. The second kappa shape index (κ2) is 5.81. The molecule has 0 N–H and O–H groups in total. The molecule has 1 heterocycles. The molecule has 3 aromatic rings. The molecule has 0 atom stereocenters. The first kappa shape index (κ1) is 14.0. The van der Waals surface area contributed by atoms with Crippen molar-refractivity contribution in [1.29, 1.82) is 0 Å². The van der Waals surface area contributed by atoms with Gasteiger partial charge in [0.2, 0.25) is 5.88 Å². The fourth-order valence-electron chi connectivity index (χ4n) is 2.06. The minimum atomic E-state index is -0.0740. The van der Waals surface area contributed by atoms with Gasteiger partial charge < -0.3 is 9.64 Å². The zero-order valence-corrected chi connectivity index (χ0v) is 12.4. The molecular formula is C17H15N3O2. The van der Waals surface area contributed by atoms with Crippen LogP contribution >= 0.6 is 0 Å². The monoisotopic (exact) mass is 293 g/mol. The van der Waals surface area contributed by atoms with Crippen molar-refractivity contribution in [3.05, 3.63) is 60.3 Å². The molecule has 0 aliphatic heterocycles. The minimum absolute atomic E-state index is 0.0740. The Morgan fingerprint density at radius 2 is 1.82 bits per heavy atom. The molecule has 5 heteroatoms. The average molecular weight is 293 g/mol. The fraction of sp³-hybridized carbons (Fsp3) is 0.118. The highest BCUT2D eigenvalue weighted by molar-refractivity contribution is 5.94. The van der Waals surface area contributed by atoms with Gasteiger partial charge in [-0.25, -0.2) is 9.97 Å². The summed E-state index contributed by atoms with van der Waals surface area (Å²) in [5.41, 5.74) is 2.14. The van der Waals surface area contributed by atoms with Crippen LogP contribution in [0.2, 0.25) is 0 Å². The summed E-state index contributed by atoms with van der Waals surface area (Å²) in [4.78, 5) is 22.2. The summed E-state index contributed by atoms with van der Waals surface area (Å²) in [7, 11) is 3.43. The van der Waals surface area contributed by atoms with Gasteiger partial charge in [-0.1, -0.05) is 18.2 Å². The van der Waals surface area contributed by atoms with E-state index in [0.29, 0.717) is 17.2 Å². The van der Waals surface area contributed by atoms with Gasteiger partial charge in [-0.15, -0.1) is 0 Å². The van der Waals surface area contributed by atoms with Crippen LogP contribution in [-0.2, 0) is 0 Å². The minimum Gasteiger partial charge on any atom is -0.437 e. The molecule has 0 fully saturated rings. The molecule has 0 spiro atoms. The van der Waals surface area contributed by atoms with Crippen molar-refractivity contribution in [1.82, 2.24) is 14.9 Å². The Morgan fingerprint density at radius 3 is 2.59 bits per heavy atom. The molecule has 0 unspecified atom stereocenters. The largest absolute Gasteiger partial charge is 0.437 e. The van der Waals surface area contributed by atoms with E-state index in [9.17, 15) is 4.79 Å². The molecule has 110 valence electrons. The second-order valence-electron chi connectivity index (χ2n) is 5.03. The van der Waals surface area contributed by atoms with Crippen molar-refractivity contribution in [2.24, 2.45) is 0 Å². The van der Waals surface area contributed by atoms with Gasteiger partial charge in [0, 0.05) is 19.7 Å². The highest BCUT2D eigenvalue weighted by Crippen LogP contribution is 2.22. The Morgan fingerprint density at radius 1 is 1.05 bits per heavy atom. The third-order valence-electron chi connectivity index (χ3n) is 3.14. The summed E-state index contributed by atoms with van der Waals surface area (Å²) in [6, 6.07) is 14.6. The molecule has 0 saturated carbocycles. The van der Waals surface area contributed by atoms with Gasteiger partial charge in [0.25, 0.3) is 5.91 Å². The van der Waals surface area contributed by atoms with E-state index in [1.807, 2.05) is 24.3 Å². The Balaban J connectivity index is 1.88. The topological polar surface area (TPSA) is 55.3 Å². The Hall–Kier alpha value is -2.95. The second-order valence-corrected chi connectivity index (χ2v) is 5.03. The van der Waals surface area contributed by atoms with Crippen molar-refractivity contribution in [3.8, 4) is 11.6 Å². The molecule has 22 heavy (non-hydrogen) atoms. The molecule has 0 bridgehead atoms. The van der Waals surface area contributed by atoms with Gasteiger partial charge in [0.05, 0.1) is 17.2 Å². The molecule has 1 aromatic heterocycles. The number of carbonyl (C=O) groups is 1. The fourth-order valence-corrected chi connectivity index (χ4v) is 2.06. The van der Waals surface area contributed by atoms with Crippen molar-refractivity contribution in [2.45, 2.75) is 0 Å². The van der Waals surface area contributed by atoms with Crippen LogP contribution in [0.1, 0.15) is 10.4 Å². The molecule has 0 radical (unpaired) electrons. The number of benzene rings is 2. The zero-order chi connectivity index (χ0) is 15.5. The zero-order valence-electron chi connectivity index (χ0n) is 12.4. The van der Waals surface area contributed by atoms with Crippen molar-refractivity contribution in [3.63, 3.8) is 0 Å². The molecule has 5 nitrogen and oxygen atoms in total. The lowest BCUT2D eigenvalue weighted by molar-refractivity contribution is 0.0827. The highest BCUT2D eigenvalue weighted by atomic mass is 16.5. The van der Waals surface area contributed by atoms with Gasteiger partial charge in [0.1, 0.15) is 5.75 Å².